The van der Waals surface area contributed by atoms with Crippen LogP contribution < -0.4 is 15.5 Å². The summed E-state index contributed by atoms with van der Waals surface area (Å²) in [6, 6.07) is 4.08. The molecule has 0 unspecified atom stereocenters. The van der Waals surface area contributed by atoms with Gasteiger partial charge in [0.25, 0.3) is 0 Å². The Morgan fingerprint density at radius 1 is 1.30 bits per heavy atom. The minimum Gasteiger partial charge on any atom is -0.378 e. The number of pyridine rings is 1. The van der Waals surface area contributed by atoms with Crippen molar-refractivity contribution in [1.29, 1.82) is 0 Å². The van der Waals surface area contributed by atoms with Gasteiger partial charge < -0.3 is 20.3 Å². The third-order valence-corrected chi connectivity index (χ3v) is 5.28. The zero-order valence-electron chi connectivity index (χ0n) is 16.2. The van der Waals surface area contributed by atoms with Gasteiger partial charge in [-0.1, -0.05) is 19.9 Å². The van der Waals surface area contributed by atoms with Crippen LogP contribution in [0.4, 0.5) is 5.82 Å². The highest BCUT2D eigenvalue weighted by molar-refractivity contribution is 7.09. The molecule has 2 aromatic heterocycles. The highest BCUT2D eigenvalue weighted by Crippen LogP contribution is 2.19. The first-order valence-electron chi connectivity index (χ1n) is 9.32. The number of nitrogens with one attached hydrogen (secondary N) is 2. The summed E-state index contributed by atoms with van der Waals surface area (Å²) in [6.45, 7) is 8.89. The molecule has 2 aromatic rings. The molecule has 0 saturated carbocycles. The van der Waals surface area contributed by atoms with Crippen LogP contribution in [0.5, 0.6) is 0 Å². The van der Waals surface area contributed by atoms with Crippen molar-refractivity contribution in [2.45, 2.75) is 32.9 Å². The molecule has 1 fully saturated rings. The normalized spacial score (nSPS) is 15.3. The maximum Gasteiger partial charge on any atom is 0.191 e. The van der Waals surface area contributed by atoms with E-state index in [-0.39, 0.29) is 0 Å². The summed E-state index contributed by atoms with van der Waals surface area (Å²) in [7, 11) is 1.78. The van der Waals surface area contributed by atoms with Gasteiger partial charge in [-0.25, -0.2) is 9.97 Å². The largest absolute Gasteiger partial charge is 0.378 e. The number of ether oxygens (including phenoxy) is 1. The minimum atomic E-state index is 0.455. The highest BCUT2D eigenvalue weighted by atomic mass is 32.1. The zero-order valence-corrected chi connectivity index (χ0v) is 17.1. The molecule has 0 bridgehead atoms. The molecule has 0 aromatic carbocycles. The lowest BCUT2D eigenvalue weighted by atomic mass is 10.2. The van der Waals surface area contributed by atoms with E-state index >= 15 is 0 Å². The van der Waals surface area contributed by atoms with Gasteiger partial charge in [0.15, 0.2) is 5.96 Å². The third-order valence-electron chi connectivity index (χ3n) is 4.42. The highest BCUT2D eigenvalue weighted by Gasteiger charge is 2.16. The number of morpholine rings is 1. The van der Waals surface area contributed by atoms with Crippen molar-refractivity contribution in [3.63, 3.8) is 0 Å². The van der Waals surface area contributed by atoms with E-state index in [0.717, 1.165) is 54.3 Å². The fourth-order valence-electron chi connectivity index (χ4n) is 2.86. The molecule has 0 amide bonds. The fraction of sp³-hybridized carbons (Fsp3) is 0.526. The Kier molecular flexibility index (Phi) is 7.00. The van der Waals surface area contributed by atoms with E-state index in [4.69, 9.17) is 4.74 Å². The summed E-state index contributed by atoms with van der Waals surface area (Å²) in [5.74, 6) is 2.23. The van der Waals surface area contributed by atoms with Gasteiger partial charge in [0.1, 0.15) is 10.8 Å². The molecule has 0 atom stereocenters. The predicted molar refractivity (Wildman–Crippen MR) is 111 cm³/mol. The van der Waals surface area contributed by atoms with Gasteiger partial charge in [-0.3, -0.25) is 4.99 Å². The van der Waals surface area contributed by atoms with Crippen molar-refractivity contribution in [3.8, 4) is 0 Å². The second-order valence-electron chi connectivity index (χ2n) is 6.69. The minimum absolute atomic E-state index is 0.455. The van der Waals surface area contributed by atoms with Gasteiger partial charge in [0.05, 0.1) is 25.5 Å². The zero-order chi connectivity index (χ0) is 19.1. The van der Waals surface area contributed by atoms with Gasteiger partial charge in [-0.05, 0) is 12.0 Å². The van der Waals surface area contributed by atoms with Crippen LogP contribution >= 0.6 is 11.3 Å². The molecule has 2 N–H and O–H groups in total. The summed E-state index contributed by atoms with van der Waals surface area (Å²) in [5, 5.41) is 9.92. The molecule has 3 heterocycles. The van der Waals surface area contributed by atoms with Crippen molar-refractivity contribution in [1.82, 2.24) is 20.6 Å². The Morgan fingerprint density at radius 2 is 2.07 bits per heavy atom. The first kappa shape index (κ1) is 19.6. The Labute approximate surface area is 164 Å². The van der Waals surface area contributed by atoms with E-state index in [1.807, 2.05) is 12.3 Å². The van der Waals surface area contributed by atoms with Gasteiger partial charge in [-0.2, -0.15) is 0 Å². The van der Waals surface area contributed by atoms with Crippen molar-refractivity contribution in [2.24, 2.45) is 4.99 Å². The number of aromatic nitrogens is 2. The average molecular weight is 389 g/mol. The monoisotopic (exact) mass is 388 g/mol. The molecule has 8 heteroatoms. The molecular formula is C19H28N6OS. The summed E-state index contributed by atoms with van der Waals surface area (Å²) in [5.41, 5.74) is 2.30. The molecule has 0 spiro atoms. The lowest BCUT2D eigenvalue weighted by Crippen LogP contribution is -2.39. The number of hydrogen-bond donors (Lipinski definition) is 2. The maximum atomic E-state index is 5.45. The Bertz CT molecular complexity index is 754. The lowest BCUT2D eigenvalue weighted by Gasteiger charge is -2.29. The van der Waals surface area contributed by atoms with Gasteiger partial charge in [-0.15, -0.1) is 11.3 Å². The Hall–Kier alpha value is -2.19. The number of rotatable bonds is 6. The van der Waals surface area contributed by atoms with E-state index in [1.54, 1.807) is 18.4 Å². The number of thiazole rings is 1. The number of guanidine groups is 1. The van der Waals surface area contributed by atoms with Crippen LogP contribution in [0.25, 0.3) is 0 Å². The molecule has 1 aliphatic rings. The van der Waals surface area contributed by atoms with Crippen molar-refractivity contribution in [3.05, 3.63) is 40.0 Å². The van der Waals surface area contributed by atoms with Crippen LogP contribution in [0.3, 0.4) is 0 Å². The molecule has 1 saturated heterocycles. The summed E-state index contributed by atoms with van der Waals surface area (Å²) in [6.07, 6.45) is 1.84. The van der Waals surface area contributed by atoms with E-state index in [9.17, 15) is 0 Å². The van der Waals surface area contributed by atoms with Crippen LogP contribution in [-0.4, -0.2) is 49.3 Å². The van der Waals surface area contributed by atoms with Gasteiger partial charge in [0, 0.05) is 43.8 Å². The average Bonchev–Trinajstić information content (AvgIpc) is 3.18. The number of nitrogens with zero attached hydrogens (tertiary/aromatic N) is 4. The molecular weight excluding hydrogens is 360 g/mol. The van der Waals surface area contributed by atoms with Crippen LogP contribution in [-0.2, 0) is 17.8 Å². The standard InChI is InChI=1S/C19H28N6OS/c1-14(2)16-13-27-17(24-16)12-23-19(20-3)22-11-15-5-4-6-21-18(15)25-7-9-26-10-8-25/h4-6,13-14H,7-12H2,1-3H3,(H2,20,22,23). The molecule has 0 radical (unpaired) electrons. The predicted octanol–water partition coefficient (Wildman–Crippen LogP) is 2.36. The summed E-state index contributed by atoms with van der Waals surface area (Å²) in [4.78, 5) is 15.8. The van der Waals surface area contributed by atoms with Crippen molar-refractivity contribution in [2.75, 3.05) is 38.3 Å². The smallest absolute Gasteiger partial charge is 0.191 e. The SMILES string of the molecule is CN=C(NCc1nc(C(C)C)cs1)NCc1cccnc1N1CCOCC1. The second kappa shape index (κ2) is 9.66. The van der Waals surface area contributed by atoms with Gasteiger partial charge >= 0.3 is 0 Å². The van der Waals surface area contributed by atoms with Gasteiger partial charge in [0.2, 0.25) is 0 Å². The Morgan fingerprint density at radius 3 is 2.78 bits per heavy atom. The topological polar surface area (TPSA) is 74.7 Å². The molecule has 7 nitrogen and oxygen atoms in total. The molecule has 3 rings (SSSR count). The van der Waals surface area contributed by atoms with Crippen LogP contribution in [0.2, 0.25) is 0 Å². The third kappa shape index (κ3) is 5.40. The van der Waals surface area contributed by atoms with Crippen LogP contribution in [0.1, 0.15) is 36.0 Å². The Balaban J connectivity index is 1.56. The summed E-state index contributed by atoms with van der Waals surface area (Å²) < 4.78 is 5.45. The molecule has 0 aliphatic carbocycles. The maximum absolute atomic E-state index is 5.45. The van der Waals surface area contributed by atoms with Crippen LogP contribution in [0.15, 0.2) is 28.7 Å². The number of hydrogen-bond acceptors (Lipinski definition) is 6. The summed E-state index contributed by atoms with van der Waals surface area (Å²) >= 11 is 1.68. The van der Waals surface area contributed by atoms with Crippen molar-refractivity contribution < 1.29 is 4.74 Å². The molecule has 27 heavy (non-hydrogen) atoms. The number of aliphatic imine (C=N–C) groups is 1. The molecule has 1 aliphatic heterocycles. The number of anilines is 1. The quantitative estimate of drug-likeness (QED) is 0.585. The van der Waals surface area contributed by atoms with E-state index < -0.39 is 0 Å². The lowest BCUT2D eigenvalue weighted by molar-refractivity contribution is 0.122. The second-order valence-corrected chi connectivity index (χ2v) is 7.63. The fourth-order valence-corrected chi connectivity index (χ4v) is 3.75. The van der Waals surface area contributed by atoms with Crippen molar-refractivity contribution >= 4 is 23.1 Å². The van der Waals surface area contributed by atoms with E-state index in [1.165, 1.54) is 0 Å². The first-order valence-corrected chi connectivity index (χ1v) is 10.2. The van der Waals surface area contributed by atoms with E-state index in [0.29, 0.717) is 19.0 Å². The van der Waals surface area contributed by atoms with Crippen LogP contribution in [0, 0.1) is 0 Å². The van der Waals surface area contributed by atoms with E-state index in [2.05, 4.69) is 55.8 Å². The molecule has 146 valence electrons. The first-order chi connectivity index (χ1) is 13.2.